The van der Waals surface area contributed by atoms with E-state index >= 15 is 0 Å². The molecule has 0 saturated carbocycles. The van der Waals surface area contributed by atoms with Crippen LogP contribution in [0.4, 0.5) is 0 Å². The topological polar surface area (TPSA) is 56.8 Å². The van der Waals surface area contributed by atoms with Gasteiger partial charge in [-0.1, -0.05) is 54.6 Å². The van der Waals surface area contributed by atoms with Crippen LogP contribution in [0.3, 0.4) is 0 Å². The number of fused-ring (bicyclic) bond motifs is 2. The fraction of sp³-hybridized carbons (Fsp3) is 0.400. The fourth-order valence-corrected chi connectivity index (χ4v) is 7.84. The molecule has 3 aliphatic rings. The van der Waals surface area contributed by atoms with Gasteiger partial charge in [0.25, 0.3) is 5.91 Å². The van der Waals surface area contributed by atoms with Crippen LogP contribution in [0.25, 0.3) is 21.5 Å². The van der Waals surface area contributed by atoms with Crippen LogP contribution in [-0.4, -0.2) is 69.8 Å². The number of hydrogen-bond acceptors (Lipinski definition) is 4. The number of pyridine rings is 1. The second-order valence-electron chi connectivity index (χ2n) is 12.4. The average molecular weight is 547 g/mol. The molecule has 3 fully saturated rings. The maximum atomic E-state index is 14.0. The molecule has 2 amide bonds. The molecule has 210 valence electrons. The lowest BCUT2D eigenvalue weighted by Crippen LogP contribution is -2.54. The van der Waals surface area contributed by atoms with Crippen molar-refractivity contribution in [2.75, 3.05) is 26.2 Å². The molecule has 3 aliphatic heterocycles. The van der Waals surface area contributed by atoms with Gasteiger partial charge in [0, 0.05) is 50.7 Å². The predicted octanol–water partition coefficient (Wildman–Crippen LogP) is 5.90. The number of aromatic nitrogens is 1. The van der Waals surface area contributed by atoms with Crippen molar-refractivity contribution in [3.63, 3.8) is 0 Å². The van der Waals surface area contributed by atoms with Crippen molar-refractivity contribution in [3.05, 3.63) is 90.3 Å². The molecule has 3 aromatic carbocycles. The molecule has 2 atom stereocenters. The summed E-state index contributed by atoms with van der Waals surface area (Å²) in [4.78, 5) is 38.9. The summed E-state index contributed by atoms with van der Waals surface area (Å²) < 4.78 is 0. The van der Waals surface area contributed by atoms with E-state index in [0.717, 1.165) is 91.0 Å². The zero-order valence-corrected chi connectivity index (χ0v) is 23.8. The molecule has 4 heterocycles. The van der Waals surface area contributed by atoms with Crippen LogP contribution < -0.4 is 0 Å². The van der Waals surface area contributed by atoms with E-state index in [-0.39, 0.29) is 17.4 Å². The third kappa shape index (κ3) is 4.68. The molecule has 0 radical (unpaired) electrons. The Balaban J connectivity index is 1.05. The summed E-state index contributed by atoms with van der Waals surface area (Å²) in [7, 11) is 0. The molecule has 41 heavy (non-hydrogen) atoms. The van der Waals surface area contributed by atoms with E-state index in [0.29, 0.717) is 18.5 Å². The van der Waals surface area contributed by atoms with E-state index < -0.39 is 0 Å². The summed E-state index contributed by atoms with van der Waals surface area (Å²) >= 11 is 0. The molecule has 4 aromatic rings. The van der Waals surface area contributed by atoms with Gasteiger partial charge in [0.1, 0.15) is 0 Å². The lowest BCUT2D eigenvalue weighted by atomic mass is 9.76. The number of piperidine rings is 2. The summed E-state index contributed by atoms with van der Waals surface area (Å²) in [5.41, 5.74) is 1.64. The Morgan fingerprint density at radius 3 is 2.34 bits per heavy atom. The second kappa shape index (κ2) is 10.6. The summed E-state index contributed by atoms with van der Waals surface area (Å²) in [5.74, 6) is 0.450. The molecule has 1 spiro atoms. The van der Waals surface area contributed by atoms with Crippen LogP contribution in [0.2, 0.25) is 0 Å². The standard InChI is InChI=1S/C35H38N4O2/c1-25-21-35(34(41)39(25)23-26-8-6-16-36-22-26)15-7-17-38(24-35)29-13-18-37(19-14-29)33(40)32-30-11-4-2-9-27(30)20-28-10-3-5-12-31(28)32/h2-6,8-12,16,20,22,25,29H,7,13-15,17-19,21,23-24H2,1H3. The molecule has 7 rings (SSSR count). The smallest absolute Gasteiger partial charge is 0.255 e. The lowest BCUT2D eigenvalue weighted by Gasteiger charge is -2.45. The maximum Gasteiger partial charge on any atom is 0.255 e. The molecule has 1 aromatic heterocycles. The first kappa shape index (κ1) is 26.1. The predicted molar refractivity (Wildman–Crippen MR) is 162 cm³/mol. The minimum Gasteiger partial charge on any atom is -0.338 e. The molecule has 6 heteroatoms. The van der Waals surface area contributed by atoms with Crippen molar-refractivity contribution in [2.45, 2.75) is 57.7 Å². The van der Waals surface area contributed by atoms with Crippen molar-refractivity contribution >= 4 is 33.4 Å². The fourth-order valence-electron chi connectivity index (χ4n) is 7.84. The van der Waals surface area contributed by atoms with E-state index in [4.69, 9.17) is 0 Å². The molecular formula is C35H38N4O2. The molecular weight excluding hydrogens is 508 g/mol. The third-order valence-electron chi connectivity index (χ3n) is 9.87. The first-order valence-corrected chi connectivity index (χ1v) is 15.2. The number of hydrogen-bond donors (Lipinski definition) is 0. The molecule has 6 nitrogen and oxygen atoms in total. The Kier molecular flexibility index (Phi) is 6.74. The Labute approximate surface area is 241 Å². The van der Waals surface area contributed by atoms with Crippen molar-refractivity contribution in [1.29, 1.82) is 0 Å². The van der Waals surface area contributed by atoms with Gasteiger partial charge in [0.2, 0.25) is 5.91 Å². The molecule has 0 N–H and O–H groups in total. The molecule has 0 aliphatic carbocycles. The van der Waals surface area contributed by atoms with Crippen LogP contribution in [0.5, 0.6) is 0 Å². The summed E-state index contributed by atoms with van der Waals surface area (Å²) in [5, 5.41) is 4.27. The summed E-state index contributed by atoms with van der Waals surface area (Å²) in [6.45, 7) is 6.22. The normalized spacial score (nSPS) is 24.1. The van der Waals surface area contributed by atoms with Crippen LogP contribution in [0.15, 0.2) is 79.1 Å². The molecule has 3 saturated heterocycles. The van der Waals surface area contributed by atoms with E-state index in [9.17, 15) is 9.59 Å². The van der Waals surface area contributed by atoms with Crippen molar-refractivity contribution in [2.24, 2.45) is 5.41 Å². The zero-order chi connectivity index (χ0) is 28.0. The number of rotatable bonds is 4. The minimum absolute atomic E-state index is 0.136. The Morgan fingerprint density at radius 2 is 1.66 bits per heavy atom. The molecule has 0 bridgehead atoms. The highest BCUT2D eigenvalue weighted by molar-refractivity contribution is 6.18. The van der Waals surface area contributed by atoms with E-state index in [1.165, 1.54) is 0 Å². The highest BCUT2D eigenvalue weighted by atomic mass is 16.2. The monoisotopic (exact) mass is 546 g/mol. The largest absolute Gasteiger partial charge is 0.338 e. The number of benzene rings is 3. The number of amides is 2. The van der Waals surface area contributed by atoms with Gasteiger partial charge in [-0.25, -0.2) is 0 Å². The van der Waals surface area contributed by atoms with E-state index in [1.54, 1.807) is 6.20 Å². The van der Waals surface area contributed by atoms with Crippen molar-refractivity contribution < 1.29 is 9.59 Å². The Bertz CT molecular complexity index is 1540. The van der Waals surface area contributed by atoms with Crippen LogP contribution in [0.1, 0.15) is 54.9 Å². The van der Waals surface area contributed by atoms with E-state index in [1.807, 2.05) is 36.5 Å². The number of carbonyl (C=O) groups excluding carboxylic acids is 2. The minimum atomic E-state index is -0.283. The van der Waals surface area contributed by atoms with Gasteiger partial charge in [-0.2, -0.15) is 0 Å². The van der Waals surface area contributed by atoms with Gasteiger partial charge in [-0.3, -0.25) is 19.5 Å². The Morgan fingerprint density at radius 1 is 0.951 bits per heavy atom. The first-order valence-electron chi connectivity index (χ1n) is 15.2. The quantitative estimate of drug-likeness (QED) is 0.299. The Hall–Kier alpha value is -3.77. The average Bonchev–Trinajstić information content (AvgIpc) is 3.23. The van der Waals surface area contributed by atoms with Gasteiger partial charge in [-0.05, 0) is 84.8 Å². The first-order chi connectivity index (χ1) is 20.0. The highest BCUT2D eigenvalue weighted by Gasteiger charge is 2.52. The van der Waals surface area contributed by atoms with Crippen molar-refractivity contribution in [1.82, 2.24) is 19.7 Å². The van der Waals surface area contributed by atoms with E-state index in [2.05, 4.69) is 63.0 Å². The van der Waals surface area contributed by atoms with Crippen LogP contribution in [-0.2, 0) is 11.3 Å². The zero-order valence-electron chi connectivity index (χ0n) is 23.8. The van der Waals surface area contributed by atoms with Gasteiger partial charge < -0.3 is 9.80 Å². The van der Waals surface area contributed by atoms with Gasteiger partial charge in [0.15, 0.2) is 0 Å². The lowest BCUT2D eigenvalue weighted by molar-refractivity contribution is -0.140. The SMILES string of the molecule is CC1CC2(CCCN(C3CCN(C(=O)c4c5ccccc5cc5ccccc45)CC3)C2)C(=O)N1Cc1cccnc1. The highest BCUT2D eigenvalue weighted by Crippen LogP contribution is 2.44. The third-order valence-corrected chi connectivity index (χ3v) is 9.87. The maximum absolute atomic E-state index is 14.0. The number of likely N-dealkylation sites (tertiary alicyclic amines) is 3. The second-order valence-corrected chi connectivity index (χ2v) is 12.4. The van der Waals surface area contributed by atoms with Crippen molar-refractivity contribution in [3.8, 4) is 0 Å². The van der Waals surface area contributed by atoms with Gasteiger partial charge >= 0.3 is 0 Å². The van der Waals surface area contributed by atoms with Crippen LogP contribution in [0, 0.1) is 5.41 Å². The van der Waals surface area contributed by atoms with Crippen LogP contribution >= 0.6 is 0 Å². The number of carbonyl (C=O) groups is 2. The molecule has 2 unspecified atom stereocenters. The summed E-state index contributed by atoms with van der Waals surface area (Å²) in [6, 6.07) is 23.3. The number of nitrogens with zero attached hydrogens (tertiary/aromatic N) is 4. The summed E-state index contributed by atoms with van der Waals surface area (Å²) in [6.07, 6.45) is 8.51. The van der Waals surface area contributed by atoms with Gasteiger partial charge in [-0.15, -0.1) is 0 Å². The van der Waals surface area contributed by atoms with Gasteiger partial charge in [0.05, 0.1) is 11.0 Å².